The van der Waals surface area contributed by atoms with Gasteiger partial charge in [-0.1, -0.05) is 54.6 Å². The maximum atomic E-state index is 12.8. The van der Waals surface area contributed by atoms with E-state index in [2.05, 4.69) is 47.0 Å². The Morgan fingerprint density at radius 3 is 2.05 bits per heavy atom. The van der Waals surface area contributed by atoms with Crippen LogP contribution in [0.3, 0.4) is 0 Å². The number of hydrogen-bond acceptors (Lipinski definition) is 5. The number of anilines is 1. The number of aryl methyl sites for hydroxylation is 1. The van der Waals surface area contributed by atoms with Crippen LogP contribution in [-0.2, 0) is 16.0 Å². The molecule has 3 rings (SSSR count). The fraction of sp³-hybridized carbons (Fsp3) is 0.355. The largest absolute Gasteiger partial charge is 0.491 e. The molecule has 0 saturated heterocycles. The number of aliphatic hydroxyl groups excluding tert-OH is 1. The monoisotopic (exact) mass is 518 g/mol. The minimum Gasteiger partial charge on any atom is -0.491 e. The molecule has 0 saturated carbocycles. The van der Waals surface area contributed by atoms with E-state index >= 15 is 0 Å². The molecule has 0 aliphatic carbocycles. The van der Waals surface area contributed by atoms with E-state index < -0.39 is 29.7 Å². The first-order chi connectivity index (χ1) is 18.0. The summed E-state index contributed by atoms with van der Waals surface area (Å²) < 4.78 is 11.3. The van der Waals surface area contributed by atoms with Gasteiger partial charge in [-0.25, -0.2) is 4.79 Å². The van der Waals surface area contributed by atoms with Gasteiger partial charge in [0.25, 0.3) is 5.91 Å². The van der Waals surface area contributed by atoms with Crippen LogP contribution in [0.5, 0.6) is 5.75 Å². The quantitative estimate of drug-likeness (QED) is 0.307. The summed E-state index contributed by atoms with van der Waals surface area (Å²) in [4.78, 5) is 24.9. The molecule has 0 aliphatic rings. The van der Waals surface area contributed by atoms with Crippen molar-refractivity contribution in [1.29, 1.82) is 0 Å². The molecule has 0 aromatic heterocycles. The van der Waals surface area contributed by atoms with Crippen LogP contribution in [0.1, 0.15) is 46.6 Å². The molecule has 0 bridgehead atoms. The maximum Gasteiger partial charge on any atom is 0.408 e. The van der Waals surface area contributed by atoms with Crippen LogP contribution in [0.25, 0.3) is 11.1 Å². The predicted octanol–water partition coefficient (Wildman–Crippen LogP) is 5.97. The summed E-state index contributed by atoms with van der Waals surface area (Å²) in [7, 11) is 0. The number of carbonyl (C=O) groups is 2. The van der Waals surface area contributed by atoms with Crippen molar-refractivity contribution in [3.8, 4) is 16.9 Å². The van der Waals surface area contributed by atoms with Crippen molar-refractivity contribution in [1.82, 2.24) is 5.32 Å². The molecular weight excluding hydrogens is 480 g/mol. The molecule has 0 heterocycles. The van der Waals surface area contributed by atoms with Crippen LogP contribution >= 0.6 is 0 Å². The summed E-state index contributed by atoms with van der Waals surface area (Å²) in [5.74, 6) is 0.123. The van der Waals surface area contributed by atoms with E-state index in [9.17, 15) is 14.7 Å². The molecule has 0 radical (unpaired) electrons. The molecule has 0 spiro atoms. The zero-order valence-electron chi connectivity index (χ0n) is 22.8. The number of nitrogens with one attached hydrogen (secondary N) is 2. The van der Waals surface area contributed by atoms with Gasteiger partial charge in [0.15, 0.2) is 0 Å². The fourth-order valence-electron chi connectivity index (χ4n) is 3.74. The van der Waals surface area contributed by atoms with E-state index in [1.54, 1.807) is 45.0 Å². The summed E-state index contributed by atoms with van der Waals surface area (Å²) in [6, 6.07) is 25.9. The number of rotatable bonds is 10. The minimum absolute atomic E-state index is 0.0000461. The Kier molecular flexibility index (Phi) is 9.53. The third-order valence-corrected chi connectivity index (χ3v) is 5.94. The first kappa shape index (κ1) is 28.7. The van der Waals surface area contributed by atoms with Gasteiger partial charge in [0.1, 0.15) is 16.9 Å². The highest BCUT2D eigenvalue weighted by Gasteiger charge is 2.36. The minimum atomic E-state index is -1.55. The Morgan fingerprint density at radius 1 is 0.868 bits per heavy atom. The number of carbonyl (C=O) groups excluding carboxylic acids is 2. The van der Waals surface area contributed by atoms with Gasteiger partial charge in [0.2, 0.25) is 0 Å². The Bertz CT molecular complexity index is 1190. The van der Waals surface area contributed by atoms with Crippen molar-refractivity contribution < 1.29 is 24.2 Å². The Labute approximate surface area is 225 Å². The molecule has 7 heteroatoms. The summed E-state index contributed by atoms with van der Waals surface area (Å²) in [6.45, 7) is 8.03. The highest BCUT2D eigenvalue weighted by Crippen LogP contribution is 2.22. The van der Waals surface area contributed by atoms with Crippen LogP contribution in [0, 0.1) is 0 Å². The highest BCUT2D eigenvalue weighted by molar-refractivity contribution is 5.99. The van der Waals surface area contributed by atoms with Gasteiger partial charge in [-0.15, -0.1) is 0 Å². The number of aliphatic hydroxyl groups is 1. The average Bonchev–Trinajstić information content (AvgIpc) is 2.88. The van der Waals surface area contributed by atoms with E-state index in [0.717, 1.165) is 12.8 Å². The lowest BCUT2D eigenvalue weighted by atomic mass is 10.0. The van der Waals surface area contributed by atoms with Crippen molar-refractivity contribution in [2.45, 2.75) is 64.7 Å². The van der Waals surface area contributed by atoms with E-state index in [4.69, 9.17) is 9.47 Å². The molecule has 0 fully saturated rings. The van der Waals surface area contributed by atoms with Crippen molar-refractivity contribution in [3.05, 3.63) is 84.4 Å². The van der Waals surface area contributed by atoms with Gasteiger partial charge in [-0.2, -0.15) is 0 Å². The van der Waals surface area contributed by atoms with Gasteiger partial charge in [-0.3, -0.25) is 4.79 Å². The highest BCUT2D eigenvalue weighted by atomic mass is 16.6. The van der Waals surface area contributed by atoms with E-state index in [1.165, 1.54) is 23.6 Å². The normalized spacial score (nSPS) is 13.6. The van der Waals surface area contributed by atoms with Crippen molar-refractivity contribution in [3.63, 3.8) is 0 Å². The lowest BCUT2D eigenvalue weighted by Crippen LogP contribution is -2.58. The topological polar surface area (TPSA) is 96.9 Å². The Morgan fingerprint density at radius 2 is 1.47 bits per heavy atom. The summed E-state index contributed by atoms with van der Waals surface area (Å²) in [6.07, 6.45) is 0.970. The van der Waals surface area contributed by atoms with Crippen LogP contribution in [0.15, 0.2) is 78.9 Å². The second kappa shape index (κ2) is 12.6. The van der Waals surface area contributed by atoms with Gasteiger partial charge >= 0.3 is 6.09 Å². The fourth-order valence-corrected chi connectivity index (χ4v) is 3.74. The van der Waals surface area contributed by atoms with Crippen LogP contribution in [-0.4, -0.2) is 41.0 Å². The van der Waals surface area contributed by atoms with Crippen molar-refractivity contribution in [2.75, 3.05) is 11.9 Å². The predicted molar refractivity (Wildman–Crippen MR) is 150 cm³/mol. The molecule has 202 valence electrons. The SMILES string of the molecule is CC(CCc1ccc(-c2ccccc2)cc1)Oc1ccc(NC(=O)[C@](C)(CO)NC(=O)OC(C)(C)C)cc1. The molecule has 1 unspecified atom stereocenters. The van der Waals surface area contributed by atoms with Crippen molar-refractivity contribution >= 4 is 17.7 Å². The van der Waals surface area contributed by atoms with Crippen LogP contribution in [0.2, 0.25) is 0 Å². The third-order valence-electron chi connectivity index (χ3n) is 5.94. The van der Waals surface area contributed by atoms with Gasteiger partial charge in [0, 0.05) is 5.69 Å². The smallest absolute Gasteiger partial charge is 0.408 e. The summed E-state index contributed by atoms with van der Waals surface area (Å²) in [5, 5.41) is 14.9. The van der Waals surface area contributed by atoms with Crippen molar-refractivity contribution in [2.24, 2.45) is 0 Å². The van der Waals surface area contributed by atoms with Gasteiger partial charge in [0.05, 0.1) is 12.7 Å². The number of hydrogen-bond donors (Lipinski definition) is 3. The van der Waals surface area contributed by atoms with Crippen LogP contribution in [0.4, 0.5) is 10.5 Å². The molecule has 3 aromatic rings. The molecular formula is C31H38N2O5. The third kappa shape index (κ3) is 8.63. The number of alkyl carbamates (subject to hydrolysis) is 1. The number of amides is 2. The number of ether oxygens (including phenoxy) is 2. The lowest BCUT2D eigenvalue weighted by molar-refractivity contribution is -0.123. The van der Waals surface area contributed by atoms with Gasteiger partial charge < -0.3 is 25.2 Å². The second-order valence-corrected chi connectivity index (χ2v) is 10.6. The first-order valence-corrected chi connectivity index (χ1v) is 12.8. The first-order valence-electron chi connectivity index (χ1n) is 12.8. The van der Waals surface area contributed by atoms with Crippen LogP contribution < -0.4 is 15.4 Å². The van der Waals surface area contributed by atoms with E-state index in [1.807, 2.05) is 25.1 Å². The van der Waals surface area contributed by atoms with E-state index in [0.29, 0.717) is 11.4 Å². The van der Waals surface area contributed by atoms with E-state index in [-0.39, 0.29) is 6.10 Å². The molecule has 3 aromatic carbocycles. The molecule has 7 nitrogen and oxygen atoms in total. The molecule has 2 atom stereocenters. The second-order valence-electron chi connectivity index (χ2n) is 10.6. The molecule has 38 heavy (non-hydrogen) atoms. The zero-order chi connectivity index (χ0) is 27.8. The average molecular weight is 519 g/mol. The standard InChI is InChI=1S/C31H38N2O5/c1-22(11-12-23-13-15-25(16-14-23)24-9-7-6-8-10-24)37-27-19-17-26(18-20-27)32-28(35)31(5,21-34)33-29(36)38-30(2,3)4/h6-10,13-20,22,34H,11-12,21H2,1-5H3,(H,32,35)(H,33,36)/t22?,31-/m0/s1. The Balaban J connectivity index is 1.49. The molecule has 2 amide bonds. The number of benzene rings is 3. The Hall–Kier alpha value is -3.84. The van der Waals surface area contributed by atoms with Gasteiger partial charge in [-0.05, 0) is 88.4 Å². The molecule has 3 N–H and O–H groups in total. The lowest BCUT2D eigenvalue weighted by Gasteiger charge is -2.29. The summed E-state index contributed by atoms with van der Waals surface area (Å²) in [5.41, 5.74) is 1.90. The zero-order valence-corrected chi connectivity index (χ0v) is 22.8. The molecule has 0 aliphatic heterocycles. The summed E-state index contributed by atoms with van der Waals surface area (Å²) >= 11 is 0. The maximum absolute atomic E-state index is 12.8.